The summed E-state index contributed by atoms with van der Waals surface area (Å²) < 4.78 is 5.69. The number of carbonyl (C=O) groups excluding carboxylic acids is 1. The van der Waals surface area contributed by atoms with Gasteiger partial charge in [-0.1, -0.05) is 25.1 Å². The molecule has 3 nitrogen and oxygen atoms in total. The number of hydrogen-bond donors (Lipinski definition) is 0. The average molecular weight is 284 g/mol. The molecule has 0 aromatic heterocycles. The van der Waals surface area contributed by atoms with Crippen molar-refractivity contribution in [3.8, 4) is 0 Å². The van der Waals surface area contributed by atoms with E-state index in [1.807, 2.05) is 39.0 Å². The van der Waals surface area contributed by atoms with E-state index in [4.69, 9.17) is 16.3 Å². The van der Waals surface area contributed by atoms with Crippen LogP contribution in [-0.2, 0) is 9.53 Å². The van der Waals surface area contributed by atoms with Crippen LogP contribution in [0.25, 0.3) is 0 Å². The first-order valence-electron chi connectivity index (χ1n) is 6.55. The number of ether oxygens (including phenoxy) is 1. The topological polar surface area (TPSA) is 29.5 Å². The van der Waals surface area contributed by atoms with Gasteiger partial charge in [-0.15, -0.1) is 11.6 Å². The van der Waals surface area contributed by atoms with Crippen LogP contribution in [0.4, 0.5) is 5.69 Å². The van der Waals surface area contributed by atoms with Crippen molar-refractivity contribution in [2.24, 2.45) is 0 Å². The maximum Gasteiger partial charge on any atom is 0.243 e. The molecular formula is C15H22ClNO2. The van der Waals surface area contributed by atoms with E-state index in [1.54, 1.807) is 4.90 Å². The Morgan fingerprint density at radius 2 is 1.95 bits per heavy atom. The monoisotopic (exact) mass is 283 g/mol. The lowest BCUT2D eigenvalue weighted by Gasteiger charge is -2.26. The van der Waals surface area contributed by atoms with Gasteiger partial charge in [0.25, 0.3) is 0 Å². The van der Waals surface area contributed by atoms with Gasteiger partial charge in [0, 0.05) is 0 Å². The van der Waals surface area contributed by atoms with Crippen LogP contribution >= 0.6 is 11.6 Å². The van der Waals surface area contributed by atoms with Gasteiger partial charge in [0.15, 0.2) is 0 Å². The number of halogens is 1. The molecule has 1 rings (SSSR count). The molecule has 0 aliphatic rings. The molecule has 0 radical (unpaired) electrons. The summed E-state index contributed by atoms with van der Waals surface area (Å²) in [4.78, 5) is 13.7. The minimum atomic E-state index is -0.137. The Hall–Kier alpha value is -1.06. The van der Waals surface area contributed by atoms with Crippen molar-refractivity contribution in [1.82, 2.24) is 0 Å². The molecule has 0 aliphatic heterocycles. The molecule has 4 heteroatoms. The van der Waals surface area contributed by atoms with Gasteiger partial charge in [-0.25, -0.2) is 0 Å². The quantitative estimate of drug-likeness (QED) is 0.589. The minimum Gasteiger partial charge on any atom is -0.358 e. The zero-order valence-electron chi connectivity index (χ0n) is 12.1. The number of nitrogens with zero attached hydrogens (tertiary/aromatic N) is 1. The van der Waals surface area contributed by atoms with Crippen molar-refractivity contribution in [3.05, 3.63) is 29.3 Å². The predicted octanol–water partition coefficient (Wildman–Crippen LogP) is 3.65. The van der Waals surface area contributed by atoms with Crippen LogP contribution in [0.5, 0.6) is 0 Å². The van der Waals surface area contributed by atoms with Crippen LogP contribution in [0.15, 0.2) is 18.2 Å². The maximum absolute atomic E-state index is 12.0. The number of para-hydroxylation sites is 1. The first-order valence-corrected chi connectivity index (χ1v) is 7.08. The van der Waals surface area contributed by atoms with Crippen molar-refractivity contribution >= 4 is 23.2 Å². The second-order valence-electron chi connectivity index (χ2n) is 4.71. The summed E-state index contributed by atoms with van der Waals surface area (Å²) in [7, 11) is 0. The number of anilines is 1. The second kappa shape index (κ2) is 7.51. The third-order valence-corrected chi connectivity index (χ3v) is 3.42. The second-order valence-corrected chi connectivity index (χ2v) is 4.98. The number of aryl methyl sites for hydroxylation is 2. The first kappa shape index (κ1) is 16.0. The standard InChI is InChI=1S/C15H22ClNO2/c1-5-13(4)19-10-17(14(18)9-16)15-11(2)7-6-8-12(15)3/h6-8,13H,5,9-10H2,1-4H3. The summed E-state index contributed by atoms with van der Waals surface area (Å²) >= 11 is 5.70. The average Bonchev–Trinajstić information content (AvgIpc) is 2.40. The predicted molar refractivity (Wildman–Crippen MR) is 79.8 cm³/mol. The SMILES string of the molecule is CCC(C)OCN(C(=O)CCl)c1c(C)cccc1C. The lowest BCUT2D eigenvalue weighted by Crippen LogP contribution is -2.36. The first-order chi connectivity index (χ1) is 9.01. The highest BCUT2D eigenvalue weighted by atomic mass is 35.5. The van der Waals surface area contributed by atoms with Crippen molar-refractivity contribution in [3.63, 3.8) is 0 Å². The van der Waals surface area contributed by atoms with Crippen molar-refractivity contribution < 1.29 is 9.53 Å². The molecule has 106 valence electrons. The van der Waals surface area contributed by atoms with Crippen LogP contribution in [-0.4, -0.2) is 24.6 Å². The van der Waals surface area contributed by atoms with Crippen molar-refractivity contribution in [2.45, 2.75) is 40.2 Å². The molecule has 1 unspecified atom stereocenters. The van der Waals surface area contributed by atoms with Crippen molar-refractivity contribution in [1.29, 1.82) is 0 Å². The number of rotatable bonds is 6. The molecule has 0 heterocycles. The smallest absolute Gasteiger partial charge is 0.243 e. The number of hydrogen-bond acceptors (Lipinski definition) is 2. The van der Waals surface area contributed by atoms with E-state index in [2.05, 4.69) is 6.92 Å². The normalized spacial score (nSPS) is 12.3. The van der Waals surface area contributed by atoms with E-state index in [0.717, 1.165) is 23.2 Å². The zero-order chi connectivity index (χ0) is 14.4. The molecule has 1 atom stereocenters. The van der Waals surface area contributed by atoms with Crippen LogP contribution < -0.4 is 4.90 Å². The van der Waals surface area contributed by atoms with Gasteiger partial charge >= 0.3 is 0 Å². The van der Waals surface area contributed by atoms with Gasteiger partial charge in [-0.05, 0) is 38.3 Å². The molecule has 0 N–H and O–H groups in total. The molecule has 0 aliphatic carbocycles. The number of amides is 1. The molecule has 0 spiro atoms. The van der Waals surface area contributed by atoms with Crippen LogP contribution in [0.3, 0.4) is 0 Å². The van der Waals surface area contributed by atoms with Gasteiger partial charge in [0.1, 0.15) is 12.6 Å². The summed E-state index contributed by atoms with van der Waals surface area (Å²) in [5, 5.41) is 0. The molecule has 0 fully saturated rings. The summed E-state index contributed by atoms with van der Waals surface area (Å²) in [5.41, 5.74) is 2.99. The van der Waals surface area contributed by atoms with Gasteiger partial charge < -0.3 is 4.74 Å². The van der Waals surface area contributed by atoms with Gasteiger partial charge in [0.05, 0.1) is 11.8 Å². The van der Waals surface area contributed by atoms with E-state index in [0.29, 0.717) is 0 Å². The highest BCUT2D eigenvalue weighted by molar-refractivity contribution is 6.29. The number of benzene rings is 1. The lowest BCUT2D eigenvalue weighted by atomic mass is 10.1. The van der Waals surface area contributed by atoms with E-state index in [9.17, 15) is 4.79 Å². The fraction of sp³-hybridized carbons (Fsp3) is 0.533. The van der Waals surface area contributed by atoms with Crippen molar-refractivity contribution in [2.75, 3.05) is 17.5 Å². The molecule has 0 saturated carbocycles. The molecule has 1 aromatic rings. The lowest BCUT2D eigenvalue weighted by molar-refractivity contribution is -0.117. The van der Waals surface area contributed by atoms with E-state index >= 15 is 0 Å². The van der Waals surface area contributed by atoms with Gasteiger partial charge in [-0.2, -0.15) is 0 Å². The summed E-state index contributed by atoms with van der Waals surface area (Å²) in [6.45, 7) is 8.26. The van der Waals surface area contributed by atoms with Crippen LogP contribution in [0, 0.1) is 13.8 Å². The Morgan fingerprint density at radius 3 is 2.42 bits per heavy atom. The Kier molecular flexibility index (Phi) is 6.32. The van der Waals surface area contributed by atoms with Crippen LogP contribution in [0.1, 0.15) is 31.4 Å². The zero-order valence-corrected chi connectivity index (χ0v) is 12.8. The van der Waals surface area contributed by atoms with E-state index in [-0.39, 0.29) is 24.6 Å². The highest BCUT2D eigenvalue weighted by Gasteiger charge is 2.19. The Morgan fingerprint density at radius 1 is 1.37 bits per heavy atom. The van der Waals surface area contributed by atoms with Gasteiger partial charge in [0.2, 0.25) is 5.91 Å². The summed E-state index contributed by atoms with van der Waals surface area (Å²) in [6.07, 6.45) is 1.03. The number of alkyl halides is 1. The Labute approximate surface area is 120 Å². The van der Waals surface area contributed by atoms with Crippen LogP contribution in [0.2, 0.25) is 0 Å². The fourth-order valence-electron chi connectivity index (χ4n) is 1.88. The fourth-order valence-corrected chi connectivity index (χ4v) is 2.03. The van der Waals surface area contributed by atoms with Gasteiger partial charge in [-0.3, -0.25) is 9.69 Å². The van der Waals surface area contributed by atoms with E-state index < -0.39 is 0 Å². The molecule has 19 heavy (non-hydrogen) atoms. The molecule has 0 bridgehead atoms. The van der Waals surface area contributed by atoms with E-state index in [1.165, 1.54) is 0 Å². The third-order valence-electron chi connectivity index (χ3n) is 3.19. The minimum absolute atomic E-state index is 0.0440. The largest absolute Gasteiger partial charge is 0.358 e. The Bertz CT molecular complexity index is 414. The molecular weight excluding hydrogens is 262 g/mol. The summed E-state index contributed by atoms with van der Waals surface area (Å²) in [5.74, 6) is -0.181. The maximum atomic E-state index is 12.0. The number of carbonyl (C=O) groups is 1. The highest BCUT2D eigenvalue weighted by Crippen LogP contribution is 2.25. The Balaban J connectivity index is 3.00. The molecule has 1 amide bonds. The summed E-state index contributed by atoms with van der Waals surface area (Å²) in [6, 6.07) is 5.95. The third kappa shape index (κ3) is 4.22. The molecule has 1 aromatic carbocycles. The molecule has 0 saturated heterocycles.